The van der Waals surface area contributed by atoms with Crippen LogP contribution in [-0.4, -0.2) is 21.0 Å². The van der Waals surface area contributed by atoms with Gasteiger partial charge in [0.1, 0.15) is 0 Å². The maximum absolute atomic E-state index is 12.3. The lowest BCUT2D eigenvalue weighted by atomic mass is 10.1. The Labute approximate surface area is 121 Å². The quantitative estimate of drug-likeness (QED) is 0.771. The largest absolute Gasteiger partial charge is 0.330 e. The highest BCUT2D eigenvalue weighted by molar-refractivity contribution is 7.89. The van der Waals surface area contributed by atoms with Crippen molar-refractivity contribution in [2.24, 2.45) is 11.7 Å². The Hall–Kier alpha value is -0.910. The fraction of sp³-hybridized carbons (Fsp3) is 0.600. The van der Waals surface area contributed by atoms with Gasteiger partial charge in [0.15, 0.2) is 0 Å². The lowest BCUT2D eigenvalue weighted by molar-refractivity contribution is 0.495. The SMILES string of the molecule is CCC(CC1CC1)NS(=O)(=O)c1ccc(CCN)cc1. The summed E-state index contributed by atoms with van der Waals surface area (Å²) in [4.78, 5) is 0.340. The zero-order valence-electron chi connectivity index (χ0n) is 12.0. The Balaban J connectivity index is 2.03. The van der Waals surface area contributed by atoms with Crippen molar-refractivity contribution in [1.82, 2.24) is 4.72 Å². The molecular weight excluding hydrogens is 272 g/mol. The van der Waals surface area contributed by atoms with Gasteiger partial charge in [-0.3, -0.25) is 0 Å². The fourth-order valence-corrected chi connectivity index (χ4v) is 3.68. The van der Waals surface area contributed by atoms with Gasteiger partial charge in [0, 0.05) is 6.04 Å². The molecule has 1 aliphatic rings. The highest BCUT2D eigenvalue weighted by Crippen LogP contribution is 2.34. The molecule has 0 bridgehead atoms. The van der Waals surface area contributed by atoms with E-state index in [-0.39, 0.29) is 6.04 Å². The first-order valence-electron chi connectivity index (χ1n) is 7.36. The summed E-state index contributed by atoms with van der Waals surface area (Å²) in [6.07, 6.45) is 5.05. The van der Waals surface area contributed by atoms with Gasteiger partial charge >= 0.3 is 0 Å². The molecule has 5 heteroatoms. The molecule has 1 atom stereocenters. The van der Waals surface area contributed by atoms with E-state index < -0.39 is 10.0 Å². The fourth-order valence-electron chi connectivity index (χ4n) is 2.34. The Bertz CT molecular complexity index is 521. The lowest BCUT2D eigenvalue weighted by Crippen LogP contribution is -2.34. The normalized spacial score (nSPS) is 17.1. The van der Waals surface area contributed by atoms with Crippen LogP contribution in [0.25, 0.3) is 0 Å². The number of hydrogen-bond acceptors (Lipinski definition) is 3. The van der Waals surface area contributed by atoms with E-state index in [2.05, 4.69) is 4.72 Å². The molecule has 3 N–H and O–H groups in total. The standard InChI is InChI=1S/C15H24N2O2S/c1-2-14(11-13-3-4-13)17-20(18,19)15-7-5-12(6-8-15)9-10-16/h5-8,13-14,17H,2-4,9-11,16H2,1H3. The van der Waals surface area contributed by atoms with Gasteiger partial charge in [-0.05, 0) is 49.4 Å². The van der Waals surface area contributed by atoms with Crippen LogP contribution in [0.1, 0.15) is 38.2 Å². The predicted octanol–water partition coefficient (Wildman–Crippen LogP) is 2.04. The smallest absolute Gasteiger partial charge is 0.240 e. The summed E-state index contributed by atoms with van der Waals surface area (Å²) in [5.41, 5.74) is 6.56. The van der Waals surface area contributed by atoms with Crippen LogP contribution in [0, 0.1) is 5.92 Å². The summed E-state index contributed by atoms with van der Waals surface area (Å²) in [6, 6.07) is 7.05. The second-order valence-electron chi connectivity index (χ2n) is 5.59. The second kappa shape index (κ2) is 6.70. The molecule has 0 saturated heterocycles. The van der Waals surface area contributed by atoms with E-state index in [4.69, 9.17) is 5.73 Å². The minimum Gasteiger partial charge on any atom is -0.330 e. The van der Waals surface area contributed by atoms with Crippen molar-refractivity contribution in [3.8, 4) is 0 Å². The third-order valence-electron chi connectivity index (χ3n) is 3.80. The lowest BCUT2D eigenvalue weighted by Gasteiger charge is -2.17. The monoisotopic (exact) mass is 296 g/mol. The van der Waals surface area contributed by atoms with E-state index in [9.17, 15) is 8.42 Å². The summed E-state index contributed by atoms with van der Waals surface area (Å²) in [5.74, 6) is 0.717. The van der Waals surface area contributed by atoms with Gasteiger partial charge in [-0.1, -0.05) is 31.9 Å². The minimum atomic E-state index is -3.40. The van der Waals surface area contributed by atoms with E-state index in [1.54, 1.807) is 12.1 Å². The summed E-state index contributed by atoms with van der Waals surface area (Å²) in [6.45, 7) is 2.60. The topological polar surface area (TPSA) is 72.2 Å². The first-order valence-corrected chi connectivity index (χ1v) is 8.84. The van der Waals surface area contributed by atoms with Crippen molar-refractivity contribution in [3.05, 3.63) is 29.8 Å². The van der Waals surface area contributed by atoms with Crippen molar-refractivity contribution in [1.29, 1.82) is 0 Å². The molecule has 0 aliphatic heterocycles. The maximum atomic E-state index is 12.3. The third-order valence-corrected chi connectivity index (χ3v) is 5.33. The van der Waals surface area contributed by atoms with E-state index >= 15 is 0 Å². The van der Waals surface area contributed by atoms with Crippen molar-refractivity contribution < 1.29 is 8.42 Å². The van der Waals surface area contributed by atoms with E-state index in [1.165, 1.54) is 12.8 Å². The zero-order chi connectivity index (χ0) is 14.6. The summed E-state index contributed by atoms with van der Waals surface area (Å²) >= 11 is 0. The van der Waals surface area contributed by atoms with Gasteiger partial charge in [-0.2, -0.15) is 0 Å². The van der Waals surface area contributed by atoms with Crippen LogP contribution in [0.3, 0.4) is 0 Å². The van der Waals surface area contributed by atoms with Crippen LogP contribution in [0.5, 0.6) is 0 Å². The average Bonchev–Trinajstić information content (AvgIpc) is 3.23. The Kier molecular flexibility index (Phi) is 5.18. The molecule has 1 aliphatic carbocycles. The summed E-state index contributed by atoms with van der Waals surface area (Å²) in [7, 11) is -3.40. The van der Waals surface area contributed by atoms with Crippen molar-refractivity contribution >= 4 is 10.0 Å². The van der Waals surface area contributed by atoms with Crippen molar-refractivity contribution in [3.63, 3.8) is 0 Å². The number of benzene rings is 1. The van der Waals surface area contributed by atoms with Gasteiger partial charge in [-0.15, -0.1) is 0 Å². The number of sulfonamides is 1. The van der Waals surface area contributed by atoms with Gasteiger partial charge in [0.2, 0.25) is 10.0 Å². The Morgan fingerprint density at radius 1 is 1.30 bits per heavy atom. The molecule has 1 aromatic carbocycles. The van der Waals surface area contributed by atoms with Crippen LogP contribution in [0.15, 0.2) is 29.2 Å². The molecule has 0 amide bonds. The molecule has 0 aromatic heterocycles. The summed E-state index contributed by atoms with van der Waals surface area (Å²) < 4.78 is 27.5. The molecule has 1 fully saturated rings. The molecule has 0 radical (unpaired) electrons. The Morgan fingerprint density at radius 3 is 2.45 bits per heavy atom. The number of nitrogens with two attached hydrogens (primary N) is 1. The number of hydrogen-bond donors (Lipinski definition) is 2. The molecule has 2 rings (SSSR count). The Morgan fingerprint density at radius 2 is 1.95 bits per heavy atom. The molecule has 0 heterocycles. The van der Waals surface area contributed by atoms with Crippen molar-refractivity contribution in [2.75, 3.05) is 6.54 Å². The highest BCUT2D eigenvalue weighted by Gasteiger charge is 2.27. The van der Waals surface area contributed by atoms with Crippen molar-refractivity contribution in [2.45, 2.75) is 50.0 Å². The number of nitrogens with one attached hydrogen (secondary N) is 1. The van der Waals surface area contributed by atoms with Crippen LogP contribution in [0.4, 0.5) is 0 Å². The molecule has 20 heavy (non-hydrogen) atoms. The first-order chi connectivity index (χ1) is 9.55. The van der Waals surface area contributed by atoms with Crippen LogP contribution in [-0.2, 0) is 16.4 Å². The zero-order valence-corrected chi connectivity index (χ0v) is 12.8. The molecular formula is C15H24N2O2S. The molecule has 1 aromatic rings. The maximum Gasteiger partial charge on any atom is 0.240 e. The van der Waals surface area contributed by atoms with Crippen LogP contribution in [0.2, 0.25) is 0 Å². The van der Waals surface area contributed by atoms with Gasteiger partial charge < -0.3 is 5.73 Å². The molecule has 4 nitrogen and oxygen atoms in total. The van der Waals surface area contributed by atoms with E-state index in [0.717, 1.165) is 30.7 Å². The molecule has 1 saturated carbocycles. The van der Waals surface area contributed by atoms with Gasteiger partial charge in [0.25, 0.3) is 0 Å². The third kappa shape index (κ3) is 4.30. The van der Waals surface area contributed by atoms with Gasteiger partial charge in [-0.25, -0.2) is 13.1 Å². The van der Waals surface area contributed by atoms with E-state index in [1.807, 2.05) is 19.1 Å². The van der Waals surface area contributed by atoms with Crippen LogP contribution < -0.4 is 10.5 Å². The second-order valence-corrected chi connectivity index (χ2v) is 7.30. The highest BCUT2D eigenvalue weighted by atomic mass is 32.2. The molecule has 112 valence electrons. The molecule has 0 spiro atoms. The first kappa shape index (κ1) is 15.5. The average molecular weight is 296 g/mol. The van der Waals surface area contributed by atoms with Crippen LogP contribution >= 0.6 is 0 Å². The molecule has 1 unspecified atom stereocenters. The summed E-state index contributed by atoms with van der Waals surface area (Å²) in [5, 5.41) is 0. The van der Waals surface area contributed by atoms with Gasteiger partial charge in [0.05, 0.1) is 4.90 Å². The van der Waals surface area contributed by atoms with E-state index in [0.29, 0.717) is 11.4 Å². The number of rotatable bonds is 8. The minimum absolute atomic E-state index is 0.0521. The predicted molar refractivity (Wildman–Crippen MR) is 80.9 cm³/mol.